The Morgan fingerprint density at radius 1 is 0.907 bits per heavy atom. The highest BCUT2D eigenvalue weighted by molar-refractivity contribution is 6.03. The van der Waals surface area contributed by atoms with Gasteiger partial charge in [-0.15, -0.1) is 0 Å². The van der Waals surface area contributed by atoms with Crippen molar-refractivity contribution in [1.29, 1.82) is 0 Å². The number of amides is 2. The summed E-state index contributed by atoms with van der Waals surface area (Å²) in [5, 5.41) is 16.0. The Morgan fingerprint density at radius 3 is 2.35 bits per heavy atom. The monoisotopic (exact) mass is 579 g/mol. The van der Waals surface area contributed by atoms with Crippen molar-refractivity contribution in [3.8, 4) is 5.69 Å². The molecular weight excluding hydrogens is 546 g/mol. The van der Waals surface area contributed by atoms with Crippen molar-refractivity contribution < 1.29 is 19.5 Å². The number of carbonyl (C=O) groups excluding carboxylic acids is 2. The van der Waals surface area contributed by atoms with Gasteiger partial charge in [-0.25, -0.2) is 9.48 Å². The lowest BCUT2D eigenvalue weighted by Crippen LogP contribution is -2.41. The molecule has 5 aromatic rings. The summed E-state index contributed by atoms with van der Waals surface area (Å²) in [7, 11) is 1.67. The number of benzene rings is 3. The Labute approximate surface area is 247 Å². The smallest absolute Gasteiger partial charge is 0.352 e. The second-order valence-corrected chi connectivity index (χ2v) is 11.2. The molecule has 1 saturated carbocycles. The van der Waals surface area contributed by atoms with Crippen molar-refractivity contribution in [2.75, 3.05) is 5.32 Å². The number of nitrogens with zero attached hydrogens (tertiary/aromatic N) is 3. The number of carbonyl (C=O) groups is 3. The summed E-state index contributed by atoms with van der Waals surface area (Å²) >= 11 is 0. The standard InChI is InChI=1S/C33H33N5O5/c1-20(30(39)35-23-14-16-27-22(17-23)19-29(33(42)43)36(27)2)34-31(40)21-13-15-28-26(18-21)32(41)38(25-11-7-4-8-12-25)37(28)24-9-5-3-6-10-24/h4,7-8,11-20,24H,3,5-6,9-10H2,1-2H3,(H,34,40)(H,35,39)(H,42,43)/t20-/m0/s1. The van der Waals surface area contributed by atoms with Gasteiger partial charge in [0.2, 0.25) is 5.91 Å². The molecule has 1 atom stereocenters. The quantitative estimate of drug-likeness (QED) is 0.243. The molecule has 10 heteroatoms. The fraction of sp³-hybridized carbons (Fsp3) is 0.273. The zero-order valence-corrected chi connectivity index (χ0v) is 24.0. The highest BCUT2D eigenvalue weighted by Gasteiger charge is 2.25. The molecule has 0 aliphatic heterocycles. The number of carboxylic acid groups (broad SMARTS) is 1. The molecule has 0 radical (unpaired) electrons. The van der Waals surface area contributed by atoms with Crippen molar-refractivity contribution in [2.45, 2.75) is 51.1 Å². The number of hydrogen-bond acceptors (Lipinski definition) is 4. The van der Waals surface area contributed by atoms with Gasteiger partial charge in [0.1, 0.15) is 11.7 Å². The fourth-order valence-electron chi connectivity index (χ4n) is 6.09. The first kappa shape index (κ1) is 28.0. The van der Waals surface area contributed by atoms with Crippen LogP contribution in [-0.2, 0) is 11.8 Å². The van der Waals surface area contributed by atoms with E-state index in [9.17, 15) is 24.3 Å². The second-order valence-electron chi connectivity index (χ2n) is 11.2. The number of carboxylic acids is 1. The van der Waals surface area contributed by atoms with Crippen molar-refractivity contribution in [1.82, 2.24) is 19.2 Å². The van der Waals surface area contributed by atoms with E-state index in [4.69, 9.17) is 0 Å². The van der Waals surface area contributed by atoms with Gasteiger partial charge in [-0.2, -0.15) is 0 Å². The van der Waals surface area contributed by atoms with Gasteiger partial charge in [0.05, 0.1) is 22.6 Å². The molecule has 43 heavy (non-hydrogen) atoms. The number of rotatable bonds is 7. The topological polar surface area (TPSA) is 127 Å². The summed E-state index contributed by atoms with van der Waals surface area (Å²) in [6.45, 7) is 1.58. The molecule has 0 unspecified atom stereocenters. The highest BCUT2D eigenvalue weighted by atomic mass is 16.4. The fourth-order valence-corrected chi connectivity index (χ4v) is 6.09. The molecule has 1 fully saturated rings. The largest absolute Gasteiger partial charge is 0.477 e. The van der Waals surface area contributed by atoms with Crippen LogP contribution in [-0.4, -0.2) is 42.9 Å². The Bertz CT molecular complexity index is 1930. The summed E-state index contributed by atoms with van der Waals surface area (Å²) in [5.41, 5.74) is 3.00. The van der Waals surface area contributed by atoms with E-state index < -0.39 is 23.8 Å². The first-order valence-corrected chi connectivity index (χ1v) is 14.5. The van der Waals surface area contributed by atoms with Crippen LogP contribution in [0.1, 0.15) is 65.9 Å². The third-order valence-corrected chi connectivity index (χ3v) is 8.34. The minimum absolute atomic E-state index is 0.140. The third kappa shape index (κ3) is 5.20. The Hall–Kier alpha value is -5.12. The molecule has 220 valence electrons. The van der Waals surface area contributed by atoms with Gasteiger partial charge in [0, 0.05) is 29.2 Å². The van der Waals surface area contributed by atoms with Crippen LogP contribution in [0.5, 0.6) is 0 Å². The zero-order valence-electron chi connectivity index (χ0n) is 24.0. The van der Waals surface area contributed by atoms with E-state index in [2.05, 4.69) is 15.3 Å². The van der Waals surface area contributed by atoms with Crippen LogP contribution < -0.4 is 16.2 Å². The van der Waals surface area contributed by atoms with E-state index in [0.717, 1.165) is 42.4 Å². The van der Waals surface area contributed by atoms with Crippen molar-refractivity contribution in [3.05, 3.63) is 94.4 Å². The summed E-state index contributed by atoms with van der Waals surface area (Å²) in [6.07, 6.45) is 5.38. The molecule has 10 nitrogen and oxygen atoms in total. The Balaban J connectivity index is 1.24. The first-order chi connectivity index (χ1) is 20.7. The van der Waals surface area contributed by atoms with Crippen molar-refractivity contribution in [3.63, 3.8) is 0 Å². The molecule has 0 bridgehead atoms. The molecule has 0 saturated heterocycles. The molecule has 2 amide bonds. The third-order valence-electron chi connectivity index (χ3n) is 8.34. The van der Waals surface area contributed by atoms with Gasteiger partial charge >= 0.3 is 5.97 Å². The minimum atomic E-state index is -1.04. The summed E-state index contributed by atoms with van der Waals surface area (Å²) < 4.78 is 5.38. The molecule has 1 aliphatic carbocycles. The number of aryl methyl sites for hydroxylation is 1. The molecular formula is C33H33N5O5. The lowest BCUT2D eigenvalue weighted by molar-refractivity contribution is -0.117. The van der Waals surface area contributed by atoms with Crippen LogP contribution in [0.15, 0.2) is 77.6 Å². The van der Waals surface area contributed by atoms with E-state index in [-0.39, 0.29) is 22.9 Å². The molecule has 0 spiro atoms. The van der Waals surface area contributed by atoms with Crippen LogP contribution in [0.2, 0.25) is 0 Å². The van der Waals surface area contributed by atoms with E-state index in [1.165, 1.54) is 6.42 Å². The number of aromatic carboxylic acids is 1. The molecule has 2 heterocycles. The molecule has 1 aliphatic rings. The summed E-state index contributed by atoms with van der Waals surface area (Å²) in [6, 6.07) is 20.6. The predicted molar refractivity (Wildman–Crippen MR) is 165 cm³/mol. The number of aromatic nitrogens is 3. The number of para-hydroxylation sites is 1. The average Bonchev–Trinajstić information content (AvgIpc) is 3.51. The maximum atomic E-state index is 13.8. The maximum Gasteiger partial charge on any atom is 0.352 e. The van der Waals surface area contributed by atoms with Gasteiger partial charge in [0.25, 0.3) is 11.5 Å². The van der Waals surface area contributed by atoms with Gasteiger partial charge in [0.15, 0.2) is 0 Å². The molecule has 3 N–H and O–H groups in total. The van der Waals surface area contributed by atoms with Crippen molar-refractivity contribution >= 4 is 45.3 Å². The van der Waals surface area contributed by atoms with Crippen LogP contribution >= 0.6 is 0 Å². The number of anilines is 1. The molecule has 2 aromatic heterocycles. The van der Waals surface area contributed by atoms with Gasteiger partial charge < -0.3 is 20.3 Å². The number of nitrogens with one attached hydrogen (secondary N) is 2. The first-order valence-electron chi connectivity index (χ1n) is 14.5. The minimum Gasteiger partial charge on any atom is -0.477 e. The lowest BCUT2D eigenvalue weighted by atomic mass is 9.95. The van der Waals surface area contributed by atoms with Crippen LogP contribution in [0.4, 0.5) is 5.69 Å². The normalized spacial score (nSPS) is 14.6. The Kier molecular flexibility index (Phi) is 7.35. The predicted octanol–water partition coefficient (Wildman–Crippen LogP) is 5.24. The van der Waals surface area contributed by atoms with Crippen molar-refractivity contribution in [2.24, 2.45) is 7.05 Å². The second kappa shape index (κ2) is 11.3. The highest BCUT2D eigenvalue weighted by Crippen LogP contribution is 2.32. The number of fused-ring (bicyclic) bond motifs is 2. The Morgan fingerprint density at radius 2 is 1.63 bits per heavy atom. The van der Waals surface area contributed by atoms with E-state index >= 15 is 0 Å². The SMILES string of the molecule is C[C@H](NC(=O)c1ccc2c(c1)c(=O)n(-c1ccccc1)n2C1CCCCC1)C(=O)Nc1ccc2c(c1)cc(C(=O)O)n2C. The summed E-state index contributed by atoms with van der Waals surface area (Å²) in [4.78, 5) is 51.4. The van der Waals surface area contributed by atoms with Gasteiger partial charge in [-0.05, 0) is 74.4 Å². The lowest BCUT2D eigenvalue weighted by Gasteiger charge is -2.26. The molecule has 6 rings (SSSR count). The van der Waals surface area contributed by atoms with Crippen LogP contribution in [0.3, 0.4) is 0 Å². The van der Waals surface area contributed by atoms with Crippen LogP contribution in [0, 0.1) is 0 Å². The zero-order chi connectivity index (χ0) is 30.2. The van der Waals surface area contributed by atoms with Gasteiger partial charge in [-0.3, -0.25) is 19.1 Å². The van der Waals surface area contributed by atoms with E-state index in [1.54, 1.807) is 59.6 Å². The molecule has 3 aromatic carbocycles. The van der Waals surface area contributed by atoms with Crippen LogP contribution in [0.25, 0.3) is 27.5 Å². The average molecular weight is 580 g/mol. The van der Waals surface area contributed by atoms with E-state index in [1.807, 2.05) is 36.4 Å². The summed E-state index contributed by atoms with van der Waals surface area (Å²) in [5.74, 6) is -1.94. The van der Waals surface area contributed by atoms with Gasteiger partial charge in [-0.1, -0.05) is 37.5 Å². The van der Waals surface area contributed by atoms with E-state index in [0.29, 0.717) is 16.5 Å². The maximum absolute atomic E-state index is 13.8. The number of hydrogen-bond donors (Lipinski definition) is 3.